The van der Waals surface area contributed by atoms with Crippen LogP contribution in [-0.4, -0.2) is 82.6 Å². The third kappa shape index (κ3) is 16.9. The van der Waals surface area contributed by atoms with Crippen molar-refractivity contribution in [3.8, 4) is 33.8 Å². The summed E-state index contributed by atoms with van der Waals surface area (Å²) >= 11 is 0. The Bertz CT molecular complexity index is 3100. The van der Waals surface area contributed by atoms with Crippen LogP contribution >= 0.6 is 0 Å². The van der Waals surface area contributed by atoms with Gasteiger partial charge in [0.15, 0.2) is 5.49 Å². The lowest BCUT2D eigenvalue weighted by atomic mass is 10.1. The largest absolute Gasteiger partial charge is 0.339 e. The lowest BCUT2D eigenvalue weighted by molar-refractivity contribution is -0.131. The molecule has 15 heteroatoms. The molecule has 7 aromatic rings. The summed E-state index contributed by atoms with van der Waals surface area (Å²) in [7, 11) is 0. The number of nitrogens with zero attached hydrogens (tertiary/aromatic N) is 11. The molecule has 3 aromatic carbocycles. The molecule has 1 saturated heterocycles. The van der Waals surface area contributed by atoms with Gasteiger partial charge in [0.2, 0.25) is 23.6 Å². The molecule has 1 aliphatic heterocycles. The molecule has 0 atom stereocenters. The summed E-state index contributed by atoms with van der Waals surface area (Å²) in [4.78, 5) is 43.3. The fourth-order valence-electron chi connectivity index (χ4n) is 9.50. The maximum absolute atomic E-state index is 12.9. The van der Waals surface area contributed by atoms with Gasteiger partial charge in [-0.3, -0.25) is 15.0 Å². The quantitative estimate of drug-likeness (QED) is 0.0475. The number of unbranched alkanes of at least 4 members (excludes halogenated alkanes) is 13. The van der Waals surface area contributed by atoms with Crippen LogP contribution in [0.25, 0.3) is 40.0 Å². The summed E-state index contributed by atoms with van der Waals surface area (Å²) in [6, 6.07) is 39.9. The molecular formula is C62H73N13O2. The van der Waals surface area contributed by atoms with Crippen LogP contribution in [0.2, 0.25) is 0 Å². The van der Waals surface area contributed by atoms with E-state index in [9.17, 15) is 9.59 Å². The van der Waals surface area contributed by atoms with E-state index in [1.165, 1.54) is 19.3 Å². The predicted octanol–water partition coefficient (Wildman–Crippen LogP) is 11.7. The van der Waals surface area contributed by atoms with Crippen LogP contribution in [0.4, 0.5) is 17.5 Å². The summed E-state index contributed by atoms with van der Waals surface area (Å²) in [6.07, 6.45) is 24.5. The van der Waals surface area contributed by atoms with Crippen molar-refractivity contribution in [2.24, 2.45) is 4.99 Å². The Kier molecular flexibility index (Phi) is 20.9. The van der Waals surface area contributed by atoms with E-state index in [0.717, 1.165) is 166 Å². The van der Waals surface area contributed by atoms with Crippen LogP contribution in [0.15, 0.2) is 127 Å². The third-order valence-electron chi connectivity index (χ3n) is 13.9. The normalized spacial score (nSPS) is 12.8. The second-order valence-electron chi connectivity index (χ2n) is 19.9. The van der Waals surface area contributed by atoms with Gasteiger partial charge in [0.25, 0.3) is 0 Å². The third-order valence-corrected chi connectivity index (χ3v) is 13.9. The van der Waals surface area contributed by atoms with E-state index in [0.29, 0.717) is 29.8 Å². The van der Waals surface area contributed by atoms with Crippen LogP contribution in [0, 0.1) is 31.4 Å². The summed E-state index contributed by atoms with van der Waals surface area (Å²) in [5.41, 5.74) is 9.22. The molecule has 0 aliphatic carbocycles. The van der Waals surface area contributed by atoms with E-state index in [4.69, 9.17) is 20.6 Å². The number of carbonyl (C=O) groups excluding carboxylic acids is 2. The SMILES string of the molecule is Cc1cc(-c2ccc(N=c3c(C)cc(-c4ccccc4)nn3CCCCCCCCCCC(=O)N3CCN(c4ncccn4)CC3)cc2)nn(/C=C/CCCCCCCCC(=O)Nc2c#cc(-c3ccccc3)nn2)c1=N. The fourth-order valence-corrected chi connectivity index (χ4v) is 9.50. The second kappa shape index (κ2) is 29.3. The van der Waals surface area contributed by atoms with E-state index in [1.807, 2.05) is 90.8 Å². The van der Waals surface area contributed by atoms with Gasteiger partial charge in [-0.15, -0.1) is 10.2 Å². The zero-order valence-corrected chi connectivity index (χ0v) is 44.9. The standard InChI is InChI=1S/C62H73N13O2/c1-48-46-55(70-74(60(48)63)40-23-13-9-5-3-7-11-21-30-58(76)67-57-37-36-54(68-69-57)50-26-17-15-18-27-50)52-32-34-53(35-33-52)66-61-49(2)47-56(51-28-19-16-20-29-51)71-75(61)41-24-14-10-6-4-8-12-22-31-59(77)72-42-44-73(45-43-72)62-64-38-25-39-65-62/h15-20,23,25-29,32-35,38-40,46-47,63H,3-14,21-22,24,30-31,41-45H2,1-2H3,(H,67,69,76)/b40-23+,63-60?,66-61?. The predicted molar refractivity (Wildman–Crippen MR) is 304 cm³/mol. The molecule has 4 aromatic heterocycles. The van der Waals surface area contributed by atoms with Gasteiger partial charge in [-0.2, -0.15) is 10.2 Å². The minimum atomic E-state index is -0.0863. The zero-order valence-electron chi connectivity index (χ0n) is 44.9. The first-order valence-corrected chi connectivity index (χ1v) is 27.7. The van der Waals surface area contributed by atoms with E-state index in [-0.39, 0.29) is 11.8 Å². The summed E-state index contributed by atoms with van der Waals surface area (Å²) in [5.74, 6) is 1.21. The van der Waals surface area contributed by atoms with Crippen molar-refractivity contribution in [2.45, 2.75) is 130 Å². The highest BCUT2D eigenvalue weighted by atomic mass is 16.2. The van der Waals surface area contributed by atoms with Gasteiger partial charge in [-0.05, 0) is 99.5 Å². The molecule has 0 bridgehead atoms. The molecule has 0 radical (unpaired) electrons. The van der Waals surface area contributed by atoms with Crippen molar-refractivity contribution in [2.75, 3.05) is 36.4 Å². The lowest BCUT2D eigenvalue weighted by Crippen LogP contribution is -2.49. The minimum absolute atomic E-state index is 0.0863. The number of piperazine rings is 1. The van der Waals surface area contributed by atoms with Crippen LogP contribution in [0.5, 0.6) is 0 Å². The van der Waals surface area contributed by atoms with Crippen LogP contribution in [-0.2, 0) is 16.1 Å². The lowest BCUT2D eigenvalue weighted by Gasteiger charge is -2.34. The Hall–Kier alpha value is -8.12. The van der Waals surface area contributed by atoms with Crippen molar-refractivity contribution < 1.29 is 9.59 Å². The monoisotopic (exact) mass is 1030 g/mol. The molecule has 77 heavy (non-hydrogen) atoms. The summed E-state index contributed by atoms with van der Waals surface area (Å²) in [6.45, 7) is 7.84. The molecule has 2 amide bonds. The van der Waals surface area contributed by atoms with Gasteiger partial charge in [-0.1, -0.05) is 143 Å². The van der Waals surface area contributed by atoms with Crippen molar-refractivity contribution in [1.82, 2.24) is 44.6 Å². The molecule has 15 nitrogen and oxygen atoms in total. The Morgan fingerprint density at radius 1 is 0.636 bits per heavy atom. The molecule has 2 N–H and O–H groups in total. The molecule has 1 fully saturated rings. The fraction of sp³-hybridized carbons (Fsp3) is 0.387. The van der Waals surface area contributed by atoms with E-state index in [2.05, 4.69) is 90.5 Å². The average Bonchev–Trinajstić information content (AvgIpc) is 3.46. The number of anilines is 2. The highest BCUT2D eigenvalue weighted by molar-refractivity contribution is 5.89. The van der Waals surface area contributed by atoms with Crippen molar-refractivity contribution in [1.29, 1.82) is 5.41 Å². The van der Waals surface area contributed by atoms with Gasteiger partial charge in [0.05, 0.1) is 17.1 Å². The maximum atomic E-state index is 12.9. The van der Waals surface area contributed by atoms with E-state index in [1.54, 1.807) is 17.1 Å². The molecule has 5 heterocycles. The van der Waals surface area contributed by atoms with E-state index < -0.39 is 0 Å². The van der Waals surface area contributed by atoms with Gasteiger partial charge in [-0.25, -0.2) is 24.3 Å². The highest BCUT2D eigenvalue weighted by Crippen LogP contribution is 2.23. The molecule has 0 saturated carbocycles. The highest BCUT2D eigenvalue weighted by Gasteiger charge is 2.22. The van der Waals surface area contributed by atoms with Crippen LogP contribution in [0.3, 0.4) is 0 Å². The first-order chi connectivity index (χ1) is 37.8. The van der Waals surface area contributed by atoms with Gasteiger partial charge < -0.3 is 15.1 Å². The zero-order chi connectivity index (χ0) is 53.4. The minimum Gasteiger partial charge on any atom is -0.339 e. The number of amides is 2. The Balaban J connectivity index is 0.755. The Labute approximate surface area is 453 Å². The number of nitrogens with one attached hydrogen (secondary N) is 2. The first kappa shape index (κ1) is 55.1. The average molecular weight is 1030 g/mol. The molecule has 0 spiro atoms. The van der Waals surface area contributed by atoms with Crippen LogP contribution < -0.4 is 21.2 Å². The number of allylic oxidation sites excluding steroid dienone is 1. The second-order valence-corrected chi connectivity index (χ2v) is 19.9. The van der Waals surface area contributed by atoms with Gasteiger partial charge in [0.1, 0.15) is 11.2 Å². The van der Waals surface area contributed by atoms with Gasteiger partial charge in [0, 0.05) is 80.8 Å². The van der Waals surface area contributed by atoms with E-state index >= 15 is 0 Å². The number of rotatable bonds is 27. The van der Waals surface area contributed by atoms with Gasteiger partial charge >= 0.3 is 0 Å². The van der Waals surface area contributed by atoms with Crippen molar-refractivity contribution >= 4 is 35.5 Å². The van der Waals surface area contributed by atoms with Crippen molar-refractivity contribution in [3.05, 3.63) is 156 Å². The number of hydrogen-bond acceptors (Lipinski definition) is 11. The maximum Gasteiger partial charge on any atom is 0.226 e. The smallest absolute Gasteiger partial charge is 0.226 e. The molecule has 398 valence electrons. The number of aromatic nitrogens is 8. The number of hydrogen-bond donors (Lipinski definition) is 2. The van der Waals surface area contributed by atoms with Crippen LogP contribution in [0.1, 0.15) is 120 Å². The summed E-state index contributed by atoms with van der Waals surface area (Å²) < 4.78 is 3.74. The Morgan fingerprint density at radius 2 is 1.23 bits per heavy atom. The molecule has 0 unspecified atom stereocenters. The first-order valence-electron chi connectivity index (χ1n) is 27.7. The number of aryl methyl sites for hydroxylation is 3. The molecular weight excluding hydrogens is 959 g/mol. The number of benzene rings is 3. The Morgan fingerprint density at radius 3 is 1.91 bits per heavy atom. The molecule has 1 aliphatic rings. The topological polar surface area (TPSA) is 176 Å². The molecule has 8 rings (SSSR count). The summed E-state index contributed by atoms with van der Waals surface area (Å²) in [5, 5.41) is 29.7. The number of carbonyl (C=O) groups is 2. The van der Waals surface area contributed by atoms with Crippen molar-refractivity contribution in [3.63, 3.8) is 0 Å².